The van der Waals surface area contributed by atoms with Crippen LogP contribution in [0.5, 0.6) is 0 Å². The van der Waals surface area contributed by atoms with E-state index in [1.54, 1.807) is 6.20 Å². The number of piperazine rings is 1. The molecule has 0 aliphatic carbocycles. The Morgan fingerprint density at radius 3 is 2.64 bits per heavy atom. The molecule has 0 saturated carbocycles. The molecule has 1 aromatic heterocycles. The van der Waals surface area contributed by atoms with Gasteiger partial charge in [-0.3, -0.25) is 9.69 Å². The van der Waals surface area contributed by atoms with Crippen molar-refractivity contribution in [1.29, 1.82) is 0 Å². The minimum atomic E-state index is 0.0598. The molecule has 0 unspecified atom stereocenters. The van der Waals surface area contributed by atoms with E-state index in [4.69, 9.17) is 4.98 Å². The monoisotopic (exact) mass is 337 g/mol. The number of benzene rings is 1. The average Bonchev–Trinajstić information content (AvgIpc) is 2.83. The highest BCUT2D eigenvalue weighted by atomic mass is 16.1. The SMILES string of the molecule is O=C1CCCc2nc(N3CCN(Cc4ccccc4)CC3)ncc2N1. The zero-order valence-corrected chi connectivity index (χ0v) is 14.3. The van der Waals surface area contributed by atoms with Crippen molar-refractivity contribution >= 4 is 17.5 Å². The molecule has 1 N–H and O–H groups in total. The van der Waals surface area contributed by atoms with Crippen LogP contribution in [-0.4, -0.2) is 47.0 Å². The van der Waals surface area contributed by atoms with Gasteiger partial charge in [0.2, 0.25) is 11.9 Å². The van der Waals surface area contributed by atoms with Gasteiger partial charge in [-0.1, -0.05) is 30.3 Å². The third-order valence-corrected chi connectivity index (χ3v) is 4.85. The van der Waals surface area contributed by atoms with Crippen molar-refractivity contribution in [2.45, 2.75) is 25.8 Å². The van der Waals surface area contributed by atoms with Crippen LogP contribution in [0, 0.1) is 0 Å². The largest absolute Gasteiger partial charge is 0.338 e. The molecule has 0 spiro atoms. The van der Waals surface area contributed by atoms with Crippen LogP contribution in [0.3, 0.4) is 0 Å². The Balaban J connectivity index is 1.39. The van der Waals surface area contributed by atoms with Crippen molar-refractivity contribution in [3.05, 3.63) is 47.8 Å². The third-order valence-electron chi connectivity index (χ3n) is 4.85. The second kappa shape index (κ2) is 7.19. The standard InChI is InChI=1S/C19H23N5O/c25-18-8-4-7-16-17(21-18)13-20-19(22-16)24-11-9-23(10-12-24)14-15-5-2-1-3-6-15/h1-3,5-6,13H,4,7-12,14H2,(H,21,25). The quantitative estimate of drug-likeness (QED) is 0.929. The molecule has 1 saturated heterocycles. The van der Waals surface area contributed by atoms with E-state index in [1.807, 2.05) is 0 Å². The highest BCUT2D eigenvalue weighted by molar-refractivity contribution is 5.91. The number of carbonyl (C=O) groups excluding carboxylic acids is 1. The van der Waals surface area contributed by atoms with Gasteiger partial charge in [-0.2, -0.15) is 0 Å². The van der Waals surface area contributed by atoms with Gasteiger partial charge in [0, 0.05) is 39.1 Å². The maximum absolute atomic E-state index is 11.6. The Labute approximate surface area is 147 Å². The number of amides is 1. The summed E-state index contributed by atoms with van der Waals surface area (Å²) < 4.78 is 0. The molecule has 2 aliphatic rings. The van der Waals surface area contributed by atoms with Gasteiger partial charge in [-0.15, -0.1) is 0 Å². The lowest BCUT2D eigenvalue weighted by Gasteiger charge is -2.34. The Hall–Kier alpha value is -2.47. The molecular formula is C19H23N5O. The summed E-state index contributed by atoms with van der Waals surface area (Å²) in [5, 5.41) is 2.90. The first-order valence-electron chi connectivity index (χ1n) is 8.95. The highest BCUT2D eigenvalue weighted by Crippen LogP contribution is 2.22. The molecule has 6 nitrogen and oxygen atoms in total. The summed E-state index contributed by atoms with van der Waals surface area (Å²) in [5.41, 5.74) is 3.09. The Kier molecular flexibility index (Phi) is 4.61. The minimum absolute atomic E-state index is 0.0598. The van der Waals surface area contributed by atoms with Crippen LogP contribution >= 0.6 is 0 Å². The van der Waals surface area contributed by atoms with Crippen LogP contribution in [0.25, 0.3) is 0 Å². The van der Waals surface area contributed by atoms with Crippen molar-refractivity contribution < 1.29 is 4.79 Å². The maximum Gasteiger partial charge on any atom is 0.225 e. The Morgan fingerprint density at radius 2 is 1.84 bits per heavy atom. The van der Waals surface area contributed by atoms with Gasteiger partial charge in [0.25, 0.3) is 0 Å². The fourth-order valence-corrected chi connectivity index (χ4v) is 3.43. The van der Waals surface area contributed by atoms with E-state index in [0.29, 0.717) is 6.42 Å². The van der Waals surface area contributed by atoms with E-state index in [2.05, 4.69) is 50.4 Å². The van der Waals surface area contributed by atoms with Crippen LogP contribution < -0.4 is 10.2 Å². The van der Waals surface area contributed by atoms with E-state index in [-0.39, 0.29) is 5.91 Å². The van der Waals surface area contributed by atoms with Crippen molar-refractivity contribution in [2.24, 2.45) is 0 Å². The zero-order chi connectivity index (χ0) is 17.1. The van der Waals surface area contributed by atoms with Gasteiger partial charge in [-0.05, 0) is 18.4 Å². The number of rotatable bonds is 3. The topological polar surface area (TPSA) is 61.4 Å². The summed E-state index contributed by atoms with van der Waals surface area (Å²) in [4.78, 5) is 25.6. The van der Waals surface area contributed by atoms with Gasteiger partial charge in [-0.25, -0.2) is 9.97 Å². The third kappa shape index (κ3) is 3.79. The van der Waals surface area contributed by atoms with Gasteiger partial charge < -0.3 is 10.2 Å². The fraction of sp³-hybridized carbons (Fsp3) is 0.421. The summed E-state index contributed by atoms with van der Waals surface area (Å²) in [6.45, 7) is 4.86. The number of hydrogen-bond acceptors (Lipinski definition) is 5. The first kappa shape index (κ1) is 16.0. The molecule has 1 amide bonds. The molecular weight excluding hydrogens is 314 g/mol. The molecule has 1 fully saturated rings. The second-order valence-electron chi connectivity index (χ2n) is 6.68. The number of nitrogens with one attached hydrogen (secondary N) is 1. The number of fused-ring (bicyclic) bond motifs is 1. The molecule has 0 atom stereocenters. The van der Waals surface area contributed by atoms with Gasteiger partial charge in [0.05, 0.1) is 17.6 Å². The first-order valence-corrected chi connectivity index (χ1v) is 8.95. The number of hydrogen-bond donors (Lipinski definition) is 1. The molecule has 3 heterocycles. The maximum atomic E-state index is 11.6. The minimum Gasteiger partial charge on any atom is -0.338 e. The predicted molar refractivity (Wildman–Crippen MR) is 97.5 cm³/mol. The molecule has 1 aromatic carbocycles. The molecule has 4 rings (SSSR count). The van der Waals surface area contributed by atoms with Gasteiger partial charge in [0.1, 0.15) is 0 Å². The van der Waals surface area contributed by atoms with E-state index in [1.165, 1.54) is 5.56 Å². The molecule has 25 heavy (non-hydrogen) atoms. The van der Waals surface area contributed by atoms with E-state index < -0.39 is 0 Å². The van der Waals surface area contributed by atoms with Crippen LogP contribution in [-0.2, 0) is 17.8 Å². The van der Waals surface area contributed by atoms with Crippen LogP contribution in [0.1, 0.15) is 24.1 Å². The number of carbonyl (C=O) groups is 1. The predicted octanol–water partition coefficient (Wildman–Crippen LogP) is 2.07. The Morgan fingerprint density at radius 1 is 1.04 bits per heavy atom. The van der Waals surface area contributed by atoms with Crippen molar-refractivity contribution in [2.75, 3.05) is 36.4 Å². The van der Waals surface area contributed by atoms with Gasteiger partial charge >= 0.3 is 0 Å². The lowest BCUT2D eigenvalue weighted by molar-refractivity contribution is -0.116. The Bertz CT molecular complexity index is 741. The van der Waals surface area contributed by atoms with Crippen molar-refractivity contribution in [1.82, 2.24) is 14.9 Å². The first-order chi connectivity index (χ1) is 12.3. The zero-order valence-electron chi connectivity index (χ0n) is 14.3. The second-order valence-corrected chi connectivity index (χ2v) is 6.68. The molecule has 2 aromatic rings. The van der Waals surface area contributed by atoms with Crippen LogP contribution in [0.15, 0.2) is 36.5 Å². The highest BCUT2D eigenvalue weighted by Gasteiger charge is 2.21. The summed E-state index contributed by atoms with van der Waals surface area (Å²) in [5.74, 6) is 0.846. The summed E-state index contributed by atoms with van der Waals surface area (Å²) in [7, 11) is 0. The number of aromatic nitrogens is 2. The van der Waals surface area contributed by atoms with Crippen molar-refractivity contribution in [3.8, 4) is 0 Å². The summed E-state index contributed by atoms with van der Waals surface area (Å²) in [6.07, 6.45) is 4.00. The van der Waals surface area contributed by atoms with E-state index in [0.717, 1.165) is 62.9 Å². The molecule has 2 aliphatic heterocycles. The van der Waals surface area contributed by atoms with E-state index >= 15 is 0 Å². The van der Waals surface area contributed by atoms with E-state index in [9.17, 15) is 4.79 Å². The lowest BCUT2D eigenvalue weighted by Crippen LogP contribution is -2.46. The fourth-order valence-electron chi connectivity index (χ4n) is 3.43. The smallest absolute Gasteiger partial charge is 0.225 e. The lowest BCUT2D eigenvalue weighted by atomic mass is 10.2. The van der Waals surface area contributed by atoms with Crippen molar-refractivity contribution in [3.63, 3.8) is 0 Å². The summed E-state index contributed by atoms with van der Waals surface area (Å²) >= 11 is 0. The van der Waals surface area contributed by atoms with Crippen LogP contribution in [0.4, 0.5) is 11.6 Å². The number of aryl methyl sites for hydroxylation is 1. The van der Waals surface area contributed by atoms with Gasteiger partial charge in [0.15, 0.2) is 0 Å². The molecule has 0 bridgehead atoms. The van der Waals surface area contributed by atoms with Crippen LogP contribution in [0.2, 0.25) is 0 Å². The normalized spacial score (nSPS) is 18.4. The summed E-state index contributed by atoms with van der Waals surface area (Å²) in [6, 6.07) is 10.6. The average molecular weight is 337 g/mol. The number of nitrogens with zero attached hydrogens (tertiary/aromatic N) is 4. The molecule has 6 heteroatoms. The molecule has 0 radical (unpaired) electrons. The number of anilines is 2. The molecule has 130 valence electrons.